The number of fused-ring (bicyclic) bond motifs is 5. The summed E-state index contributed by atoms with van der Waals surface area (Å²) >= 11 is 0. The van der Waals surface area contributed by atoms with Gasteiger partial charge >= 0.3 is 6.09 Å². The first-order valence-electron chi connectivity index (χ1n) is 8.63. The van der Waals surface area contributed by atoms with Gasteiger partial charge in [0.2, 0.25) is 11.8 Å². The molecule has 1 aliphatic heterocycles. The van der Waals surface area contributed by atoms with Gasteiger partial charge in [0.05, 0.1) is 11.8 Å². The van der Waals surface area contributed by atoms with Gasteiger partial charge in [-0.1, -0.05) is 18.6 Å². The molecule has 3 amide bonds. The highest BCUT2D eigenvalue weighted by atomic mass is 16.6. The summed E-state index contributed by atoms with van der Waals surface area (Å²) in [7, 11) is 0. The van der Waals surface area contributed by atoms with Gasteiger partial charge in [0, 0.05) is 0 Å². The van der Waals surface area contributed by atoms with Crippen LogP contribution in [-0.4, -0.2) is 35.6 Å². The fourth-order valence-electron chi connectivity index (χ4n) is 4.64. The minimum atomic E-state index is -0.532. The number of alkyl carbamates (subject to hydrolysis) is 1. The zero-order valence-corrected chi connectivity index (χ0v) is 13.1. The highest BCUT2D eigenvalue weighted by Gasteiger charge is 2.59. The average molecular weight is 318 g/mol. The second-order valence-corrected chi connectivity index (χ2v) is 7.10. The molecule has 1 heterocycles. The molecule has 0 aromatic rings. The molecule has 23 heavy (non-hydrogen) atoms. The molecule has 0 unspecified atom stereocenters. The number of imide groups is 1. The van der Waals surface area contributed by atoms with E-state index in [-0.39, 0.29) is 48.3 Å². The zero-order chi connectivity index (χ0) is 16.0. The Hall–Kier alpha value is -1.85. The first-order chi connectivity index (χ1) is 11.1. The summed E-state index contributed by atoms with van der Waals surface area (Å²) in [5, 5.41) is 2.57. The summed E-state index contributed by atoms with van der Waals surface area (Å²) in [6.45, 7) is -0.0738. The van der Waals surface area contributed by atoms with Gasteiger partial charge in [-0.3, -0.25) is 14.5 Å². The van der Waals surface area contributed by atoms with Crippen molar-refractivity contribution >= 4 is 17.9 Å². The Morgan fingerprint density at radius 1 is 1.09 bits per heavy atom. The molecule has 0 spiro atoms. The first kappa shape index (κ1) is 14.7. The van der Waals surface area contributed by atoms with E-state index >= 15 is 0 Å². The van der Waals surface area contributed by atoms with Crippen LogP contribution >= 0.6 is 0 Å². The molecule has 4 aliphatic rings. The van der Waals surface area contributed by atoms with Gasteiger partial charge in [0.1, 0.15) is 12.8 Å². The van der Waals surface area contributed by atoms with E-state index in [1.807, 2.05) is 0 Å². The van der Waals surface area contributed by atoms with Crippen molar-refractivity contribution in [3.05, 3.63) is 12.2 Å². The van der Waals surface area contributed by atoms with Crippen LogP contribution < -0.4 is 5.32 Å². The third-order valence-corrected chi connectivity index (χ3v) is 5.77. The Kier molecular flexibility index (Phi) is 3.62. The molecular weight excluding hydrogens is 296 g/mol. The molecule has 4 atom stereocenters. The number of amides is 3. The van der Waals surface area contributed by atoms with Crippen molar-refractivity contribution in [2.75, 3.05) is 6.67 Å². The Balaban J connectivity index is 1.32. The van der Waals surface area contributed by atoms with Crippen molar-refractivity contribution in [3.8, 4) is 0 Å². The summed E-state index contributed by atoms with van der Waals surface area (Å²) < 4.78 is 5.36. The highest BCUT2D eigenvalue weighted by Crippen LogP contribution is 2.52. The SMILES string of the molecule is O=C(NCN1C(=O)[C@@H]2[C@H](C1=O)[C@H]1C=C[C@H]2C1)OC1CCCCC1. The van der Waals surface area contributed by atoms with E-state index in [2.05, 4.69) is 17.5 Å². The molecule has 4 rings (SSSR count). The molecule has 6 nitrogen and oxygen atoms in total. The molecule has 1 N–H and O–H groups in total. The normalized spacial score (nSPS) is 35.7. The summed E-state index contributed by atoms with van der Waals surface area (Å²) in [5.74, 6) is -0.326. The van der Waals surface area contributed by atoms with Gasteiger partial charge in [-0.2, -0.15) is 0 Å². The maximum Gasteiger partial charge on any atom is 0.408 e. The standard InChI is InChI=1S/C17H22N2O4/c20-15-13-10-6-7-11(8-10)14(13)16(21)19(15)9-18-17(22)23-12-4-2-1-3-5-12/h6-7,10-14H,1-5,8-9H2,(H,18,22)/t10-,11-,13-,14+/m0/s1. The molecule has 3 aliphatic carbocycles. The largest absolute Gasteiger partial charge is 0.446 e. The smallest absolute Gasteiger partial charge is 0.408 e. The van der Waals surface area contributed by atoms with E-state index in [4.69, 9.17) is 4.74 Å². The van der Waals surface area contributed by atoms with Crippen molar-refractivity contribution in [1.82, 2.24) is 10.2 Å². The Bertz CT molecular complexity index is 537. The number of nitrogens with zero attached hydrogens (tertiary/aromatic N) is 1. The van der Waals surface area contributed by atoms with Crippen LogP contribution in [0.4, 0.5) is 4.79 Å². The lowest BCUT2D eigenvalue weighted by molar-refractivity contribution is -0.140. The van der Waals surface area contributed by atoms with Gasteiger partial charge in [0.15, 0.2) is 0 Å². The van der Waals surface area contributed by atoms with Crippen LogP contribution in [-0.2, 0) is 14.3 Å². The zero-order valence-electron chi connectivity index (χ0n) is 13.1. The second kappa shape index (κ2) is 5.65. The van der Waals surface area contributed by atoms with Crippen LogP contribution in [0, 0.1) is 23.7 Å². The molecule has 3 fully saturated rings. The maximum absolute atomic E-state index is 12.5. The molecule has 1 saturated heterocycles. The van der Waals surface area contributed by atoms with Gasteiger partial charge in [-0.15, -0.1) is 0 Å². The van der Waals surface area contributed by atoms with E-state index in [0.717, 1.165) is 32.1 Å². The van der Waals surface area contributed by atoms with E-state index in [1.54, 1.807) is 0 Å². The third-order valence-electron chi connectivity index (χ3n) is 5.77. The maximum atomic E-state index is 12.5. The number of allylic oxidation sites excluding steroid dienone is 2. The van der Waals surface area contributed by atoms with Crippen molar-refractivity contribution in [2.24, 2.45) is 23.7 Å². The highest BCUT2D eigenvalue weighted by molar-refractivity contribution is 6.06. The third kappa shape index (κ3) is 2.44. The van der Waals surface area contributed by atoms with Gasteiger partial charge < -0.3 is 10.1 Å². The van der Waals surface area contributed by atoms with Gasteiger partial charge in [0.25, 0.3) is 0 Å². The fourth-order valence-corrected chi connectivity index (χ4v) is 4.64. The topological polar surface area (TPSA) is 75.7 Å². The van der Waals surface area contributed by atoms with Crippen molar-refractivity contribution < 1.29 is 19.1 Å². The van der Waals surface area contributed by atoms with Crippen molar-refractivity contribution in [3.63, 3.8) is 0 Å². The fraction of sp³-hybridized carbons (Fsp3) is 0.706. The summed E-state index contributed by atoms with van der Waals surface area (Å²) in [5.41, 5.74) is 0. The monoisotopic (exact) mass is 318 g/mol. The molecule has 124 valence electrons. The Morgan fingerprint density at radius 2 is 1.70 bits per heavy atom. The Labute approximate surface area is 135 Å². The predicted octanol–water partition coefficient (Wildman–Crippen LogP) is 1.81. The van der Waals surface area contributed by atoms with Crippen LogP contribution in [0.2, 0.25) is 0 Å². The van der Waals surface area contributed by atoms with Crippen LogP contribution in [0.1, 0.15) is 38.5 Å². The lowest BCUT2D eigenvalue weighted by Crippen LogP contribution is -2.43. The number of carbonyl (C=O) groups excluding carboxylic acids is 3. The molecule has 0 aromatic heterocycles. The Morgan fingerprint density at radius 3 is 2.30 bits per heavy atom. The summed E-state index contributed by atoms with van der Waals surface area (Å²) in [6, 6.07) is 0. The van der Waals surface area contributed by atoms with E-state index in [0.29, 0.717) is 0 Å². The van der Waals surface area contributed by atoms with E-state index in [1.165, 1.54) is 11.3 Å². The van der Waals surface area contributed by atoms with E-state index in [9.17, 15) is 14.4 Å². The quantitative estimate of drug-likeness (QED) is 0.636. The average Bonchev–Trinajstić information content (AvgIpc) is 3.22. The summed E-state index contributed by atoms with van der Waals surface area (Å²) in [6.07, 6.45) is 9.62. The second-order valence-electron chi connectivity index (χ2n) is 7.10. The van der Waals surface area contributed by atoms with E-state index < -0.39 is 6.09 Å². The summed E-state index contributed by atoms with van der Waals surface area (Å²) in [4.78, 5) is 38.0. The number of hydrogen-bond acceptors (Lipinski definition) is 4. The van der Waals surface area contributed by atoms with Crippen LogP contribution in [0.3, 0.4) is 0 Å². The lowest BCUT2D eigenvalue weighted by Gasteiger charge is -2.23. The number of nitrogens with one attached hydrogen (secondary N) is 1. The van der Waals surface area contributed by atoms with Gasteiger partial charge in [-0.25, -0.2) is 4.79 Å². The van der Waals surface area contributed by atoms with Gasteiger partial charge in [-0.05, 0) is 43.9 Å². The molecule has 2 bridgehead atoms. The molecule has 2 saturated carbocycles. The minimum absolute atomic E-state index is 0.0341. The number of rotatable bonds is 3. The molecule has 6 heteroatoms. The lowest BCUT2D eigenvalue weighted by atomic mass is 9.85. The van der Waals surface area contributed by atoms with Crippen molar-refractivity contribution in [1.29, 1.82) is 0 Å². The van der Waals surface area contributed by atoms with Crippen LogP contribution in [0.15, 0.2) is 12.2 Å². The molecular formula is C17H22N2O4. The van der Waals surface area contributed by atoms with Crippen molar-refractivity contribution in [2.45, 2.75) is 44.6 Å². The number of hydrogen-bond donors (Lipinski definition) is 1. The van der Waals surface area contributed by atoms with Crippen LogP contribution in [0.25, 0.3) is 0 Å². The predicted molar refractivity (Wildman–Crippen MR) is 80.9 cm³/mol. The number of carbonyl (C=O) groups is 3. The number of likely N-dealkylation sites (tertiary alicyclic amines) is 1. The number of ether oxygens (including phenoxy) is 1. The first-order valence-corrected chi connectivity index (χ1v) is 8.63. The van der Waals surface area contributed by atoms with Crippen LogP contribution in [0.5, 0.6) is 0 Å². The minimum Gasteiger partial charge on any atom is -0.446 e. The molecule has 0 aromatic carbocycles. The molecule has 0 radical (unpaired) electrons.